The first-order chi connectivity index (χ1) is 15.5. The molecule has 2 amide bonds. The topological polar surface area (TPSA) is 76.5 Å². The van der Waals surface area contributed by atoms with Crippen molar-refractivity contribution >= 4 is 34.6 Å². The molecular weight excluding hydrogens is 424 g/mol. The van der Waals surface area contributed by atoms with E-state index >= 15 is 0 Å². The van der Waals surface area contributed by atoms with Crippen LogP contribution in [0.15, 0.2) is 53.7 Å². The maximum atomic E-state index is 13.0. The fraction of sp³-hybridized carbons (Fsp3) is 0.375. The number of nitrogens with one attached hydrogen (secondary N) is 1. The van der Waals surface area contributed by atoms with Gasteiger partial charge in [0, 0.05) is 13.6 Å². The average molecular weight is 453 g/mol. The van der Waals surface area contributed by atoms with Crippen LogP contribution in [0.5, 0.6) is 5.75 Å². The molecule has 32 heavy (non-hydrogen) atoms. The number of carbonyl (C=O) groups excluding carboxylic acids is 2. The predicted octanol–water partition coefficient (Wildman–Crippen LogP) is 3.54. The van der Waals surface area contributed by atoms with Gasteiger partial charge in [-0.15, -0.1) is 0 Å². The van der Waals surface area contributed by atoms with Crippen LogP contribution in [0.25, 0.3) is 11.0 Å². The molecule has 0 aliphatic carbocycles. The molecule has 1 aliphatic heterocycles. The number of methoxy groups -OCH3 is 1. The van der Waals surface area contributed by atoms with Gasteiger partial charge in [0.1, 0.15) is 11.8 Å². The van der Waals surface area contributed by atoms with E-state index in [4.69, 9.17) is 4.74 Å². The standard InChI is InChI=1S/C24H28N4O3S/c1-16(17-8-6-9-18(14-17)31-3)25-23(30)21-12-7-13-28(21)22(29)15-32-24-26-19-10-4-5-11-20(19)27(24)2/h4-6,8-11,14,16,21H,7,12-13,15H2,1-3H3,(H,25,30)/t16-,21-/m0/s1. The highest BCUT2D eigenvalue weighted by Gasteiger charge is 2.34. The van der Waals surface area contributed by atoms with Gasteiger partial charge in [0.2, 0.25) is 11.8 Å². The van der Waals surface area contributed by atoms with E-state index < -0.39 is 6.04 Å². The first kappa shape index (κ1) is 22.2. The van der Waals surface area contributed by atoms with Gasteiger partial charge in [0.05, 0.1) is 29.9 Å². The van der Waals surface area contributed by atoms with Gasteiger partial charge in [-0.05, 0) is 49.6 Å². The third kappa shape index (κ3) is 4.60. The lowest BCUT2D eigenvalue weighted by Crippen LogP contribution is -2.47. The molecule has 0 saturated carbocycles. The first-order valence-electron chi connectivity index (χ1n) is 10.8. The summed E-state index contributed by atoms with van der Waals surface area (Å²) in [6, 6.07) is 14.9. The van der Waals surface area contributed by atoms with Crippen LogP contribution in [-0.2, 0) is 16.6 Å². The minimum atomic E-state index is -0.434. The number of hydrogen-bond acceptors (Lipinski definition) is 5. The molecule has 4 rings (SSSR count). The second kappa shape index (κ2) is 9.65. The molecule has 7 nitrogen and oxygen atoms in total. The van der Waals surface area contributed by atoms with Crippen LogP contribution in [-0.4, -0.2) is 51.7 Å². The van der Waals surface area contributed by atoms with Crippen LogP contribution in [0.3, 0.4) is 0 Å². The van der Waals surface area contributed by atoms with Gasteiger partial charge < -0.3 is 19.5 Å². The van der Waals surface area contributed by atoms with Crippen LogP contribution >= 0.6 is 11.8 Å². The van der Waals surface area contributed by atoms with Crippen LogP contribution in [0.1, 0.15) is 31.4 Å². The van der Waals surface area contributed by atoms with Crippen molar-refractivity contribution in [1.82, 2.24) is 19.8 Å². The lowest BCUT2D eigenvalue weighted by atomic mass is 10.1. The van der Waals surface area contributed by atoms with Crippen molar-refractivity contribution in [2.45, 2.75) is 37.0 Å². The van der Waals surface area contributed by atoms with E-state index in [0.29, 0.717) is 13.0 Å². The summed E-state index contributed by atoms with van der Waals surface area (Å²) in [6.45, 7) is 2.54. The summed E-state index contributed by atoms with van der Waals surface area (Å²) in [7, 11) is 3.57. The molecule has 0 spiro atoms. The van der Waals surface area contributed by atoms with Crippen molar-refractivity contribution in [3.63, 3.8) is 0 Å². The third-order valence-electron chi connectivity index (χ3n) is 5.90. The minimum Gasteiger partial charge on any atom is -0.497 e. The molecule has 1 N–H and O–H groups in total. The predicted molar refractivity (Wildman–Crippen MR) is 126 cm³/mol. The highest BCUT2D eigenvalue weighted by atomic mass is 32.2. The number of benzene rings is 2. The lowest BCUT2D eigenvalue weighted by Gasteiger charge is -2.25. The normalized spacial score (nSPS) is 16.8. The summed E-state index contributed by atoms with van der Waals surface area (Å²) >= 11 is 1.41. The van der Waals surface area contributed by atoms with Gasteiger partial charge >= 0.3 is 0 Å². The molecule has 2 atom stereocenters. The second-order valence-corrected chi connectivity index (χ2v) is 8.93. The van der Waals surface area contributed by atoms with Crippen molar-refractivity contribution < 1.29 is 14.3 Å². The van der Waals surface area contributed by atoms with Gasteiger partial charge in [-0.2, -0.15) is 0 Å². The molecule has 8 heteroatoms. The van der Waals surface area contributed by atoms with Crippen molar-refractivity contribution in [1.29, 1.82) is 0 Å². The largest absolute Gasteiger partial charge is 0.497 e. The monoisotopic (exact) mass is 452 g/mol. The number of amides is 2. The quantitative estimate of drug-likeness (QED) is 0.555. The Kier molecular flexibility index (Phi) is 6.69. The Labute approximate surface area is 192 Å². The van der Waals surface area contributed by atoms with Crippen LogP contribution in [0, 0.1) is 0 Å². The summed E-state index contributed by atoms with van der Waals surface area (Å²) in [5.74, 6) is 0.861. The maximum absolute atomic E-state index is 13.0. The summed E-state index contributed by atoms with van der Waals surface area (Å²) in [4.78, 5) is 32.3. The Balaban J connectivity index is 1.38. The van der Waals surface area contributed by atoms with Gasteiger partial charge in [-0.25, -0.2) is 4.98 Å². The molecule has 3 aromatic rings. The Hall–Kier alpha value is -3.00. The summed E-state index contributed by atoms with van der Waals surface area (Å²) in [5, 5.41) is 3.86. The summed E-state index contributed by atoms with van der Waals surface area (Å²) < 4.78 is 7.27. The number of rotatable bonds is 7. The highest BCUT2D eigenvalue weighted by molar-refractivity contribution is 7.99. The fourth-order valence-corrected chi connectivity index (χ4v) is 4.98. The molecule has 1 saturated heterocycles. The van der Waals surface area contributed by atoms with E-state index in [2.05, 4.69) is 10.3 Å². The fourth-order valence-electron chi connectivity index (χ4n) is 4.10. The third-order valence-corrected chi connectivity index (χ3v) is 6.91. The van der Waals surface area contributed by atoms with E-state index in [-0.39, 0.29) is 23.6 Å². The molecule has 2 heterocycles. The molecule has 0 unspecified atom stereocenters. The van der Waals surface area contributed by atoms with Gasteiger partial charge in [0.25, 0.3) is 0 Å². The number of likely N-dealkylation sites (tertiary alicyclic amines) is 1. The van der Waals surface area contributed by atoms with E-state index in [0.717, 1.165) is 33.9 Å². The van der Waals surface area contributed by atoms with E-state index in [1.165, 1.54) is 11.8 Å². The number of hydrogen-bond donors (Lipinski definition) is 1. The number of fused-ring (bicyclic) bond motifs is 1. The van der Waals surface area contributed by atoms with E-state index in [1.54, 1.807) is 12.0 Å². The number of aryl methyl sites for hydroxylation is 1. The lowest BCUT2D eigenvalue weighted by molar-refractivity contribution is -0.136. The minimum absolute atomic E-state index is 0.0336. The van der Waals surface area contributed by atoms with Crippen molar-refractivity contribution in [2.24, 2.45) is 7.05 Å². The van der Waals surface area contributed by atoms with Gasteiger partial charge in [0.15, 0.2) is 5.16 Å². The average Bonchev–Trinajstić information content (AvgIpc) is 3.43. The van der Waals surface area contributed by atoms with E-state index in [9.17, 15) is 9.59 Å². The molecule has 0 bridgehead atoms. The van der Waals surface area contributed by atoms with E-state index in [1.807, 2.05) is 67.1 Å². The zero-order valence-corrected chi connectivity index (χ0v) is 19.4. The second-order valence-electron chi connectivity index (χ2n) is 7.98. The SMILES string of the molecule is COc1cccc([C@H](C)NC(=O)[C@@H]2CCCN2C(=O)CSc2nc3ccccc3n2C)c1. The Bertz CT molecular complexity index is 1130. The van der Waals surface area contributed by atoms with Crippen molar-refractivity contribution in [2.75, 3.05) is 19.4 Å². The Morgan fingerprint density at radius 1 is 1.25 bits per heavy atom. The smallest absolute Gasteiger partial charge is 0.243 e. The molecule has 0 radical (unpaired) electrons. The number of nitrogens with zero attached hydrogens (tertiary/aromatic N) is 3. The Morgan fingerprint density at radius 3 is 2.84 bits per heavy atom. The van der Waals surface area contributed by atoms with Gasteiger partial charge in [-0.3, -0.25) is 9.59 Å². The Morgan fingerprint density at radius 2 is 2.06 bits per heavy atom. The molecule has 2 aromatic carbocycles. The molecule has 168 valence electrons. The number of ether oxygens (including phenoxy) is 1. The number of thioether (sulfide) groups is 1. The molecule has 1 aromatic heterocycles. The van der Waals surface area contributed by atoms with Crippen LogP contribution < -0.4 is 10.1 Å². The van der Waals surface area contributed by atoms with Crippen LogP contribution in [0.2, 0.25) is 0 Å². The molecule has 1 fully saturated rings. The highest BCUT2D eigenvalue weighted by Crippen LogP contribution is 2.26. The molecular formula is C24H28N4O3S. The molecule has 1 aliphatic rings. The number of aromatic nitrogens is 2. The van der Waals surface area contributed by atoms with Crippen molar-refractivity contribution in [3.05, 3.63) is 54.1 Å². The van der Waals surface area contributed by atoms with Crippen molar-refractivity contribution in [3.8, 4) is 5.75 Å². The zero-order chi connectivity index (χ0) is 22.7. The van der Waals surface area contributed by atoms with Gasteiger partial charge in [-0.1, -0.05) is 36.0 Å². The maximum Gasteiger partial charge on any atom is 0.243 e. The van der Waals surface area contributed by atoms with Crippen LogP contribution in [0.4, 0.5) is 0 Å². The zero-order valence-electron chi connectivity index (χ0n) is 18.6. The summed E-state index contributed by atoms with van der Waals surface area (Å²) in [6.07, 6.45) is 1.51. The number of carbonyl (C=O) groups is 2. The summed E-state index contributed by atoms with van der Waals surface area (Å²) in [5.41, 5.74) is 2.91. The number of para-hydroxylation sites is 2. The number of imidazole rings is 1. The first-order valence-corrected chi connectivity index (χ1v) is 11.7.